The summed E-state index contributed by atoms with van der Waals surface area (Å²) in [5.41, 5.74) is 5.62. The van der Waals surface area contributed by atoms with Crippen molar-refractivity contribution >= 4 is 22.4 Å². The fourth-order valence-corrected chi connectivity index (χ4v) is 3.85. The quantitative estimate of drug-likeness (QED) is 0.385. The summed E-state index contributed by atoms with van der Waals surface area (Å²) in [5.74, 6) is 1.43. The van der Waals surface area contributed by atoms with Crippen LogP contribution < -0.4 is 14.0 Å². The molecular formula is C25H23ClNO2+. The Morgan fingerprint density at radius 1 is 0.759 bits per heavy atom. The second-order valence-corrected chi connectivity index (χ2v) is 7.54. The second-order valence-electron chi connectivity index (χ2n) is 7.11. The molecule has 146 valence electrons. The first-order chi connectivity index (χ1) is 14.0. The largest absolute Gasteiger partial charge is 0.493 e. The van der Waals surface area contributed by atoms with Gasteiger partial charge in [0.2, 0.25) is 11.4 Å². The van der Waals surface area contributed by atoms with Crippen molar-refractivity contribution in [1.29, 1.82) is 0 Å². The Kier molecular flexibility index (Phi) is 5.16. The van der Waals surface area contributed by atoms with E-state index in [0.29, 0.717) is 5.75 Å². The number of methoxy groups -OCH3 is 2. The van der Waals surface area contributed by atoms with Crippen molar-refractivity contribution in [1.82, 2.24) is 0 Å². The van der Waals surface area contributed by atoms with Gasteiger partial charge in [0.15, 0.2) is 17.2 Å². The van der Waals surface area contributed by atoms with Crippen molar-refractivity contribution in [3.05, 3.63) is 83.0 Å². The van der Waals surface area contributed by atoms with Crippen LogP contribution in [0.2, 0.25) is 5.02 Å². The average molecular weight is 405 g/mol. The molecule has 1 aromatic heterocycles. The van der Waals surface area contributed by atoms with Crippen LogP contribution in [0, 0.1) is 13.8 Å². The SMILES string of the molecule is COc1cc2cc(C)[n+](-c3ccc(Cl)cc3)c(-c3ccc(C)cc3)c2cc1OC. The molecule has 0 N–H and O–H groups in total. The van der Waals surface area contributed by atoms with Crippen LogP contribution in [0.25, 0.3) is 27.7 Å². The van der Waals surface area contributed by atoms with Gasteiger partial charge in [0.05, 0.1) is 19.6 Å². The molecule has 4 rings (SSSR count). The van der Waals surface area contributed by atoms with E-state index in [9.17, 15) is 0 Å². The molecule has 3 aromatic carbocycles. The summed E-state index contributed by atoms with van der Waals surface area (Å²) >= 11 is 6.14. The number of aromatic nitrogens is 1. The fourth-order valence-electron chi connectivity index (χ4n) is 3.72. The Hall–Kier alpha value is -3.04. The van der Waals surface area contributed by atoms with E-state index >= 15 is 0 Å². The first kappa shape index (κ1) is 19.3. The summed E-state index contributed by atoms with van der Waals surface area (Å²) in [4.78, 5) is 0. The summed E-state index contributed by atoms with van der Waals surface area (Å²) in [7, 11) is 3.32. The lowest BCUT2D eigenvalue weighted by molar-refractivity contribution is -0.589. The van der Waals surface area contributed by atoms with Gasteiger partial charge in [0.25, 0.3) is 0 Å². The summed E-state index contributed by atoms with van der Waals surface area (Å²) in [6, 6.07) is 22.8. The van der Waals surface area contributed by atoms with E-state index < -0.39 is 0 Å². The topological polar surface area (TPSA) is 22.3 Å². The van der Waals surface area contributed by atoms with Crippen LogP contribution in [-0.2, 0) is 0 Å². The van der Waals surface area contributed by atoms with Crippen molar-refractivity contribution in [2.24, 2.45) is 0 Å². The molecule has 0 atom stereocenters. The third kappa shape index (κ3) is 3.54. The number of nitrogens with zero attached hydrogens (tertiary/aromatic N) is 1. The maximum Gasteiger partial charge on any atom is 0.226 e. The van der Waals surface area contributed by atoms with Gasteiger partial charge in [-0.3, -0.25) is 0 Å². The van der Waals surface area contributed by atoms with Crippen LogP contribution in [0.3, 0.4) is 0 Å². The first-order valence-electron chi connectivity index (χ1n) is 9.46. The predicted octanol–water partition coefficient (Wildman–Crippen LogP) is 6.07. The molecule has 0 amide bonds. The summed E-state index contributed by atoms with van der Waals surface area (Å²) < 4.78 is 13.4. The van der Waals surface area contributed by atoms with Gasteiger partial charge >= 0.3 is 0 Å². The molecule has 0 saturated carbocycles. The van der Waals surface area contributed by atoms with Gasteiger partial charge in [-0.15, -0.1) is 0 Å². The Morgan fingerprint density at radius 2 is 1.38 bits per heavy atom. The lowest BCUT2D eigenvalue weighted by atomic mass is 10.00. The second kappa shape index (κ2) is 7.76. The Balaban J connectivity index is 2.13. The number of hydrogen-bond acceptors (Lipinski definition) is 2. The minimum atomic E-state index is 0.708. The molecule has 0 aliphatic carbocycles. The lowest BCUT2D eigenvalue weighted by Gasteiger charge is -2.14. The number of pyridine rings is 1. The average Bonchev–Trinajstić information content (AvgIpc) is 2.73. The molecule has 4 aromatic rings. The molecule has 0 bridgehead atoms. The number of halogens is 1. The molecule has 0 unspecified atom stereocenters. The van der Waals surface area contributed by atoms with E-state index in [1.54, 1.807) is 14.2 Å². The number of aryl methyl sites for hydroxylation is 2. The third-order valence-electron chi connectivity index (χ3n) is 5.16. The highest BCUT2D eigenvalue weighted by molar-refractivity contribution is 6.30. The number of hydrogen-bond donors (Lipinski definition) is 0. The standard InChI is InChI=1S/C25H23ClNO2/c1-16-5-7-18(8-6-16)25-22-15-24(29-4)23(28-3)14-19(22)13-17(2)27(25)21-11-9-20(26)10-12-21/h5-15H,1-4H3/q+1. The summed E-state index contributed by atoms with van der Waals surface area (Å²) in [5, 5.41) is 2.91. The zero-order chi connectivity index (χ0) is 20.5. The molecule has 0 radical (unpaired) electrons. The van der Waals surface area contributed by atoms with E-state index in [0.717, 1.165) is 44.2 Å². The highest BCUT2D eigenvalue weighted by Gasteiger charge is 2.24. The number of benzene rings is 3. The molecule has 3 nitrogen and oxygen atoms in total. The Morgan fingerprint density at radius 3 is 2.00 bits per heavy atom. The van der Waals surface area contributed by atoms with Crippen molar-refractivity contribution < 1.29 is 14.0 Å². The van der Waals surface area contributed by atoms with Gasteiger partial charge in [-0.25, -0.2) is 0 Å². The number of rotatable bonds is 4. The predicted molar refractivity (Wildman–Crippen MR) is 119 cm³/mol. The van der Waals surface area contributed by atoms with E-state index in [1.807, 2.05) is 30.3 Å². The molecule has 4 heteroatoms. The van der Waals surface area contributed by atoms with Crippen molar-refractivity contribution in [2.45, 2.75) is 13.8 Å². The van der Waals surface area contributed by atoms with Crippen LogP contribution in [-0.4, -0.2) is 14.2 Å². The van der Waals surface area contributed by atoms with Gasteiger partial charge in [0.1, 0.15) is 0 Å². The maximum absolute atomic E-state index is 6.14. The zero-order valence-corrected chi connectivity index (χ0v) is 17.7. The minimum absolute atomic E-state index is 0.708. The fraction of sp³-hybridized carbons (Fsp3) is 0.160. The summed E-state index contributed by atoms with van der Waals surface area (Å²) in [6.45, 7) is 4.21. The van der Waals surface area contributed by atoms with Crippen LogP contribution >= 0.6 is 11.6 Å². The number of fused-ring (bicyclic) bond motifs is 1. The normalized spacial score (nSPS) is 10.9. The van der Waals surface area contributed by atoms with E-state index in [2.05, 4.69) is 54.8 Å². The van der Waals surface area contributed by atoms with Crippen molar-refractivity contribution in [2.75, 3.05) is 14.2 Å². The van der Waals surface area contributed by atoms with Crippen LogP contribution in [0.4, 0.5) is 0 Å². The molecule has 29 heavy (non-hydrogen) atoms. The van der Waals surface area contributed by atoms with Crippen LogP contribution in [0.5, 0.6) is 11.5 Å². The van der Waals surface area contributed by atoms with Crippen LogP contribution in [0.15, 0.2) is 66.7 Å². The third-order valence-corrected chi connectivity index (χ3v) is 5.41. The van der Waals surface area contributed by atoms with Gasteiger partial charge in [-0.05, 0) is 48.7 Å². The van der Waals surface area contributed by atoms with E-state index in [1.165, 1.54) is 5.56 Å². The first-order valence-corrected chi connectivity index (χ1v) is 9.84. The molecule has 0 saturated heterocycles. The van der Waals surface area contributed by atoms with Gasteiger partial charge < -0.3 is 9.47 Å². The van der Waals surface area contributed by atoms with E-state index in [-0.39, 0.29) is 0 Å². The van der Waals surface area contributed by atoms with Crippen LogP contribution in [0.1, 0.15) is 11.3 Å². The molecule has 0 aliphatic rings. The Labute approximate surface area is 176 Å². The molecule has 1 heterocycles. The minimum Gasteiger partial charge on any atom is -0.493 e. The van der Waals surface area contributed by atoms with E-state index in [4.69, 9.17) is 21.1 Å². The number of ether oxygens (including phenoxy) is 2. The highest BCUT2D eigenvalue weighted by Crippen LogP contribution is 2.36. The van der Waals surface area contributed by atoms with Gasteiger partial charge in [-0.1, -0.05) is 29.3 Å². The maximum atomic E-state index is 6.14. The van der Waals surface area contributed by atoms with Crippen molar-refractivity contribution in [3.8, 4) is 28.4 Å². The molecule has 0 spiro atoms. The smallest absolute Gasteiger partial charge is 0.226 e. The van der Waals surface area contributed by atoms with Crippen molar-refractivity contribution in [3.63, 3.8) is 0 Å². The zero-order valence-electron chi connectivity index (χ0n) is 17.0. The highest BCUT2D eigenvalue weighted by atomic mass is 35.5. The molecule has 0 aliphatic heterocycles. The van der Waals surface area contributed by atoms with Gasteiger partial charge in [0, 0.05) is 35.7 Å². The molecule has 0 fully saturated rings. The molecular weight excluding hydrogens is 382 g/mol. The summed E-state index contributed by atoms with van der Waals surface area (Å²) in [6.07, 6.45) is 0. The monoisotopic (exact) mass is 404 g/mol. The van der Waals surface area contributed by atoms with Gasteiger partial charge in [-0.2, -0.15) is 4.57 Å². The Bertz CT molecular complexity index is 1180. The lowest BCUT2D eigenvalue weighted by Crippen LogP contribution is -2.37.